The lowest BCUT2D eigenvalue weighted by Gasteiger charge is -2.24. The highest BCUT2D eigenvalue weighted by Crippen LogP contribution is 2.42. The largest absolute Gasteiger partial charge is 0.457 e. The summed E-state index contributed by atoms with van der Waals surface area (Å²) in [7, 11) is 0. The minimum absolute atomic E-state index is 0.00105. The van der Waals surface area contributed by atoms with Crippen molar-refractivity contribution in [3.8, 4) is 11.5 Å². The molecule has 0 radical (unpaired) electrons. The van der Waals surface area contributed by atoms with Crippen LogP contribution in [0.2, 0.25) is 5.02 Å². The summed E-state index contributed by atoms with van der Waals surface area (Å²) < 4.78 is 5.84. The van der Waals surface area contributed by atoms with Crippen molar-refractivity contribution in [3.63, 3.8) is 0 Å². The van der Waals surface area contributed by atoms with E-state index in [2.05, 4.69) is 31.2 Å². The number of rotatable bonds is 4. The average molecular weight is 396 g/mol. The number of amides is 1. The molecule has 136 valence electrons. The van der Waals surface area contributed by atoms with Gasteiger partial charge < -0.3 is 4.74 Å². The van der Waals surface area contributed by atoms with Gasteiger partial charge in [-0.05, 0) is 61.0 Å². The number of carbonyl (C=O) groups excluding carboxylic acids is 1. The lowest BCUT2D eigenvalue weighted by Crippen LogP contribution is -2.27. The molecule has 1 atom stereocenters. The highest BCUT2D eigenvalue weighted by atomic mass is 35.5. The predicted molar refractivity (Wildman–Crippen MR) is 112 cm³/mol. The van der Waals surface area contributed by atoms with Crippen LogP contribution >= 0.6 is 23.4 Å². The van der Waals surface area contributed by atoms with Gasteiger partial charge in [0.25, 0.3) is 0 Å². The fourth-order valence-corrected chi connectivity index (χ4v) is 4.30. The van der Waals surface area contributed by atoms with E-state index in [4.69, 9.17) is 16.3 Å². The number of aryl methyl sites for hydroxylation is 1. The number of hydrogen-bond donors (Lipinski definition) is 0. The molecule has 5 heteroatoms. The first-order valence-corrected chi connectivity index (χ1v) is 10.1. The normalized spacial score (nSPS) is 16.6. The number of hydrogen-bond acceptors (Lipinski definition) is 3. The summed E-state index contributed by atoms with van der Waals surface area (Å²) in [5.41, 5.74) is 3.22. The Bertz CT molecular complexity index is 940. The first-order valence-electron chi connectivity index (χ1n) is 8.64. The van der Waals surface area contributed by atoms with E-state index in [-0.39, 0.29) is 11.3 Å². The van der Waals surface area contributed by atoms with E-state index in [0.717, 1.165) is 17.0 Å². The lowest BCUT2D eigenvalue weighted by molar-refractivity contribution is -0.115. The van der Waals surface area contributed by atoms with Crippen LogP contribution < -0.4 is 9.64 Å². The van der Waals surface area contributed by atoms with E-state index in [9.17, 15) is 4.79 Å². The number of halogens is 1. The molecular formula is C22H18ClNO2S. The van der Waals surface area contributed by atoms with Crippen molar-refractivity contribution in [1.82, 2.24) is 0 Å². The molecule has 0 unspecified atom stereocenters. The maximum absolute atomic E-state index is 12.5. The summed E-state index contributed by atoms with van der Waals surface area (Å²) in [5, 5.41) is 0.672. The summed E-state index contributed by atoms with van der Waals surface area (Å²) in [5.74, 6) is 2.04. The first kappa shape index (κ1) is 18.0. The van der Waals surface area contributed by atoms with Crippen LogP contribution in [0.15, 0.2) is 72.8 Å². The molecule has 1 aliphatic heterocycles. The van der Waals surface area contributed by atoms with Crippen molar-refractivity contribution in [2.75, 3.05) is 10.7 Å². The molecule has 3 nitrogen and oxygen atoms in total. The van der Waals surface area contributed by atoms with E-state index in [1.807, 2.05) is 41.3 Å². The molecule has 0 bridgehead atoms. The number of benzene rings is 3. The van der Waals surface area contributed by atoms with Gasteiger partial charge in [-0.15, -0.1) is 11.8 Å². The third-order valence-corrected chi connectivity index (χ3v) is 5.86. The molecule has 0 aliphatic carbocycles. The van der Waals surface area contributed by atoms with Crippen LogP contribution in [0.3, 0.4) is 0 Å². The van der Waals surface area contributed by atoms with Crippen molar-refractivity contribution < 1.29 is 9.53 Å². The van der Waals surface area contributed by atoms with Gasteiger partial charge in [-0.1, -0.05) is 41.4 Å². The summed E-state index contributed by atoms with van der Waals surface area (Å²) in [4.78, 5) is 14.4. The van der Waals surface area contributed by atoms with E-state index >= 15 is 0 Å². The Balaban J connectivity index is 1.55. The van der Waals surface area contributed by atoms with Crippen molar-refractivity contribution in [2.45, 2.75) is 12.3 Å². The molecule has 1 amide bonds. The quantitative estimate of drug-likeness (QED) is 0.525. The molecule has 0 saturated carbocycles. The van der Waals surface area contributed by atoms with E-state index in [0.29, 0.717) is 16.5 Å². The van der Waals surface area contributed by atoms with Gasteiger partial charge in [0.2, 0.25) is 5.91 Å². The molecule has 1 fully saturated rings. The molecule has 4 rings (SSSR count). The number of nitrogens with zero attached hydrogens (tertiary/aromatic N) is 1. The second-order valence-electron chi connectivity index (χ2n) is 6.39. The standard InChI is InChI=1S/C22H18ClNO2S/c1-15-2-4-16(5-3-15)22-24(21(25)14-27-22)18-8-12-20(13-9-18)26-19-10-6-17(23)7-11-19/h2-13,22H,14H2,1H3/t22-/m1/s1. The average Bonchev–Trinajstić information content (AvgIpc) is 3.06. The summed E-state index contributed by atoms with van der Waals surface area (Å²) in [6, 6.07) is 23.2. The summed E-state index contributed by atoms with van der Waals surface area (Å²) in [6.45, 7) is 2.06. The zero-order chi connectivity index (χ0) is 18.8. The van der Waals surface area contributed by atoms with Crippen molar-refractivity contribution in [3.05, 3.63) is 88.9 Å². The second-order valence-corrected chi connectivity index (χ2v) is 7.89. The Hall–Kier alpha value is -2.43. The monoisotopic (exact) mass is 395 g/mol. The summed E-state index contributed by atoms with van der Waals surface area (Å²) >= 11 is 7.55. The van der Waals surface area contributed by atoms with Crippen molar-refractivity contribution in [2.24, 2.45) is 0 Å². The van der Waals surface area contributed by atoms with Gasteiger partial charge in [-0.3, -0.25) is 9.69 Å². The fourth-order valence-electron chi connectivity index (χ4n) is 2.99. The Morgan fingerprint density at radius 2 is 1.52 bits per heavy atom. The predicted octanol–water partition coefficient (Wildman–Crippen LogP) is 6.22. The highest BCUT2D eigenvalue weighted by molar-refractivity contribution is 8.00. The minimum atomic E-state index is 0.00105. The number of anilines is 1. The zero-order valence-corrected chi connectivity index (χ0v) is 16.3. The van der Waals surface area contributed by atoms with Crippen LogP contribution in [-0.2, 0) is 4.79 Å². The number of carbonyl (C=O) groups is 1. The van der Waals surface area contributed by atoms with Crippen LogP contribution in [0, 0.1) is 6.92 Å². The fraction of sp³-hybridized carbons (Fsp3) is 0.136. The van der Waals surface area contributed by atoms with E-state index < -0.39 is 0 Å². The van der Waals surface area contributed by atoms with Gasteiger partial charge in [-0.25, -0.2) is 0 Å². The SMILES string of the molecule is Cc1ccc([C@H]2SCC(=O)N2c2ccc(Oc3ccc(Cl)cc3)cc2)cc1. The first-order chi connectivity index (χ1) is 13.1. The van der Waals surface area contributed by atoms with Gasteiger partial charge in [-0.2, -0.15) is 0 Å². The zero-order valence-electron chi connectivity index (χ0n) is 14.8. The molecular weight excluding hydrogens is 378 g/mol. The molecule has 0 aromatic heterocycles. The summed E-state index contributed by atoms with van der Waals surface area (Å²) in [6.07, 6.45) is 0. The van der Waals surface area contributed by atoms with Gasteiger partial charge >= 0.3 is 0 Å². The molecule has 1 heterocycles. The van der Waals surface area contributed by atoms with Gasteiger partial charge in [0.1, 0.15) is 16.9 Å². The smallest absolute Gasteiger partial charge is 0.238 e. The lowest BCUT2D eigenvalue weighted by atomic mass is 10.1. The molecule has 3 aromatic rings. The molecule has 1 saturated heterocycles. The van der Waals surface area contributed by atoms with Crippen LogP contribution in [0.4, 0.5) is 5.69 Å². The minimum Gasteiger partial charge on any atom is -0.457 e. The van der Waals surface area contributed by atoms with Crippen molar-refractivity contribution >= 4 is 35.0 Å². The second kappa shape index (κ2) is 7.67. The van der Waals surface area contributed by atoms with Gasteiger partial charge in [0.15, 0.2) is 0 Å². The van der Waals surface area contributed by atoms with Crippen molar-refractivity contribution in [1.29, 1.82) is 0 Å². The third kappa shape index (κ3) is 3.97. The van der Waals surface area contributed by atoms with Crippen LogP contribution in [-0.4, -0.2) is 11.7 Å². The Morgan fingerprint density at radius 1 is 0.926 bits per heavy atom. The maximum Gasteiger partial charge on any atom is 0.238 e. The Labute approximate surface area is 167 Å². The maximum atomic E-state index is 12.5. The molecule has 0 spiro atoms. The molecule has 0 N–H and O–H groups in total. The Morgan fingerprint density at radius 3 is 2.15 bits per heavy atom. The third-order valence-electron chi connectivity index (χ3n) is 4.39. The molecule has 27 heavy (non-hydrogen) atoms. The topological polar surface area (TPSA) is 29.5 Å². The number of ether oxygens (including phenoxy) is 1. The van der Waals surface area contributed by atoms with E-state index in [1.54, 1.807) is 23.9 Å². The Kier molecular flexibility index (Phi) is 5.10. The highest BCUT2D eigenvalue weighted by Gasteiger charge is 2.33. The molecule has 1 aliphatic rings. The molecule has 3 aromatic carbocycles. The van der Waals surface area contributed by atoms with Crippen LogP contribution in [0.5, 0.6) is 11.5 Å². The van der Waals surface area contributed by atoms with E-state index in [1.165, 1.54) is 5.56 Å². The van der Waals surface area contributed by atoms with Crippen LogP contribution in [0.25, 0.3) is 0 Å². The van der Waals surface area contributed by atoms with Gasteiger partial charge in [0, 0.05) is 10.7 Å². The van der Waals surface area contributed by atoms with Gasteiger partial charge in [0.05, 0.1) is 5.75 Å². The van der Waals surface area contributed by atoms with Crippen LogP contribution in [0.1, 0.15) is 16.5 Å². The number of thioether (sulfide) groups is 1.